The zero-order chi connectivity index (χ0) is 21.8. The summed E-state index contributed by atoms with van der Waals surface area (Å²) in [5.74, 6) is -0.153. The fourth-order valence-corrected chi connectivity index (χ4v) is 3.81. The number of fused-ring (bicyclic) bond motifs is 1. The van der Waals surface area contributed by atoms with Gasteiger partial charge in [-0.05, 0) is 24.5 Å². The van der Waals surface area contributed by atoms with E-state index >= 15 is 0 Å². The summed E-state index contributed by atoms with van der Waals surface area (Å²) in [7, 11) is 0. The summed E-state index contributed by atoms with van der Waals surface area (Å²) in [6.07, 6.45) is 13.6. The van der Waals surface area contributed by atoms with Gasteiger partial charge in [0.1, 0.15) is 5.69 Å². The van der Waals surface area contributed by atoms with E-state index in [-0.39, 0.29) is 17.2 Å². The Hall–Kier alpha value is -2.41. The van der Waals surface area contributed by atoms with Crippen molar-refractivity contribution in [3.63, 3.8) is 0 Å². The third kappa shape index (κ3) is 7.13. The molecular formula is C23H36N4O3. The van der Waals surface area contributed by atoms with Crippen LogP contribution in [0.1, 0.15) is 76.7 Å². The molecule has 7 nitrogen and oxygen atoms in total. The van der Waals surface area contributed by atoms with Crippen molar-refractivity contribution in [2.75, 3.05) is 24.7 Å². The van der Waals surface area contributed by atoms with E-state index in [1.807, 2.05) is 12.1 Å². The zero-order valence-corrected chi connectivity index (χ0v) is 18.2. The molecule has 0 fully saturated rings. The quantitative estimate of drug-likeness (QED) is 0.216. The largest absolute Gasteiger partial charge is 0.392 e. The van der Waals surface area contributed by atoms with Gasteiger partial charge < -0.3 is 16.2 Å². The molecule has 1 aromatic carbocycles. The molecular weight excluding hydrogens is 380 g/mol. The predicted octanol–water partition coefficient (Wildman–Crippen LogP) is 5.79. The van der Waals surface area contributed by atoms with Crippen LogP contribution in [-0.4, -0.2) is 23.1 Å². The molecule has 0 saturated heterocycles. The van der Waals surface area contributed by atoms with Crippen LogP contribution in [0.5, 0.6) is 0 Å². The molecule has 0 amide bonds. The highest BCUT2D eigenvalue weighted by Crippen LogP contribution is 2.35. The van der Waals surface area contributed by atoms with Crippen LogP contribution in [0.15, 0.2) is 18.2 Å². The first-order valence-electron chi connectivity index (χ1n) is 11.2. The van der Waals surface area contributed by atoms with Crippen molar-refractivity contribution in [1.29, 1.82) is 0 Å². The van der Waals surface area contributed by atoms with E-state index in [9.17, 15) is 10.1 Å². The van der Waals surface area contributed by atoms with Gasteiger partial charge in [-0.25, -0.2) is 4.98 Å². The van der Waals surface area contributed by atoms with Crippen molar-refractivity contribution in [2.45, 2.75) is 77.6 Å². The highest BCUT2D eigenvalue weighted by atomic mass is 16.6. The van der Waals surface area contributed by atoms with E-state index in [2.05, 4.69) is 11.9 Å². The van der Waals surface area contributed by atoms with Crippen molar-refractivity contribution in [3.05, 3.63) is 33.9 Å². The van der Waals surface area contributed by atoms with E-state index < -0.39 is 4.92 Å². The Morgan fingerprint density at radius 1 is 0.967 bits per heavy atom. The number of hydrogen-bond donors (Lipinski definition) is 2. The van der Waals surface area contributed by atoms with Crippen LogP contribution in [0, 0.1) is 10.1 Å². The fourth-order valence-electron chi connectivity index (χ4n) is 3.81. The van der Waals surface area contributed by atoms with Gasteiger partial charge in [-0.2, -0.15) is 0 Å². The number of nitrogen functional groups attached to an aromatic ring is 2. The molecule has 0 aliphatic heterocycles. The highest BCUT2D eigenvalue weighted by Gasteiger charge is 2.22. The number of nitrogens with two attached hydrogens (primary N) is 2. The Bertz CT molecular complexity index is 811. The molecule has 0 atom stereocenters. The van der Waals surface area contributed by atoms with E-state index in [1.54, 1.807) is 6.07 Å². The van der Waals surface area contributed by atoms with Gasteiger partial charge in [-0.15, -0.1) is 0 Å². The molecule has 4 N–H and O–H groups in total. The number of rotatable bonds is 15. The first-order valence-corrected chi connectivity index (χ1v) is 11.2. The number of nitrogens with zero attached hydrogens (tertiary/aromatic N) is 2. The lowest BCUT2D eigenvalue weighted by Crippen LogP contribution is -2.06. The molecule has 30 heavy (non-hydrogen) atoms. The summed E-state index contributed by atoms with van der Waals surface area (Å²) in [6, 6.07) is 5.53. The minimum Gasteiger partial charge on any atom is -0.392 e. The summed E-state index contributed by atoms with van der Waals surface area (Å²) in [5.41, 5.74) is 13.0. The number of pyridine rings is 1. The summed E-state index contributed by atoms with van der Waals surface area (Å²) >= 11 is 0. The Morgan fingerprint density at radius 3 is 2.23 bits per heavy atom. The number of nitro groups is 1. The third-order valence-electron chi connectivity index (χ3n) is 5.48. The SMILES string of the molecule is CCCCCCCCCCCCOCCc1cccc2nc(N)c([N+](=O)[O-])c(N)c12. The lowest BCUT2D eigenvalue weighted by atomic mass is 10.0. The standard InChI is InChI=1S/C23H36N4O3/c1-2-3-4-5-6-7-8-9-10-11-16-30-17-15-18-13-12-14-19-20(18)21(24)22(27(28)29)23(25)26-19/h12-14H,2-11,15-17H2,1H3,(H4,24,25,26). The van der Waals surface area contributed by atoms with Crippen molar-refractivity contribution >= 4 is 28.1 Å². The summed E-state index contributed by atoms with van der Waals surface area (Å²) in [4.78, 5) is 14.8. The third-order valence-corrected chi connectivity index (χ3v) is 5.48. The Labute approximate surface area is 179 Å². The number of anilines is 2. The second-order valence-corrected chi connectivity index (χ2v) is 7.87. The molecule has 7 heteroatoms. The number of unbranched alkanes of at least 4 members (excludes halogenated alkanes) is 9. The average molecular weight is 417 g/mol. The van der Waals surface area contributed by atoms with Crippen LogP contribution >= 0.6 is 0 Å². The van der Waals surface area contributed by atoms with Crippen molar-refractivity contribution in [2.24, 2.45) is 0 Å². The molecule has 2 rings (SSSR count). The smallest absolute Gasteiger partial charge is 0.334 e. The topological polar surface area (TPSA) is 117 Å². The van der Waals surface area contributed by atoms with Crippen LogP contribution in [0.2, 0.25) is 0 Å². The van der Waals surface area contributed by atoms with Gasteiger partial charge in [0.25, 0.3) is 0 Å². The molecule has 0 aliphatic carbocycles. The van der Waals surface area contributed by atoms with Crippen LogP contribution < -0.4 is 11.5 Å². The average Bonchev–Trinajstić information content (AvgIpc) is 2.71. The van der Waals surface area contributed by atoms with Crippen LogP contribution in [0.4, 0.5) is 17.2 Å². The molecule has 2 aromatic rings. The summed E-state index contributed by atoms with van der Waals surface area (Å²) in [5, 5.41) is 11.9. The second kappa shape index (κ2) is 13.0. The number of aromatic nitrogens is 1. The maximum absolute atomic E-state index is 11.3. The number of benzene rings is 1. The summed E-state index contributed by atoms with van der Waals surface area (Å²) < 4.78 is 5.78. The molecule has 0 saturated carbocycles. The lowest BCUT2D eigenvalue weighted by molar-refractivity contribution is -0.383. The molecule has 0 radical (unpaired) electrons. The van der Waals surface area contributed by atoms with E-state index in [4.69, 9.17) is 16.2 Å². The number of hydrogen-bond acceptors (Lipinski definition) is 6. The van der Waals surface area contributed by atoms with E-state index in [0.717, 1.165) is 18.6 Å². The Kier molecular flexibility index (Phi) is 10.3. The van der Waals surface area contributed by atoms with Gasteiger partial charge in [0.2, 0.25) is 5.82 Å². The zero-order valence-electron chi connectivity index (χ0n) is 18.2. The van der Waals surface area contributed by atoms with Crippen molar-refractivity contribution in [3.8, 4) is 0 Å². The molecule has 1 heterocycles. The molecule has 1 aromatic heterocycles. The van der Waals surface area contributed by atoms with Crippen molar-refractivity contribution in [1.82, 2.24) is 4.98 Å². The van der Waals surface area contributed by atoms with Gasteiger partial charge >= 0.3 is 5.69 Å². The summed E-state index contributed by atoms with van der Waals surface area (Å²) in [6.45, 7) is 3.54. The van der Waals surface area contributed by atoms with Gasteiger partial charge in [-0.3, -0.25) is 10.1 Å². The van der Waals surface area contributed by atoms with Crippen LogP contribution in [0.25, 0.3) is 10.9 Å². The number of ether oxygens (including phenoxy) is 1. The minimum absolute atomic E-state index is 0.0767. The maximum Gasteiger partial charge on any atom is 0.334 e. The Morgan fingerprint density at radius 2 is 1.60 bits per heavy atom. The normalized spacial score (nSPS) is 11.2. The van der Waals surface area contributed by atoms with Gasteiger partial charge in [0.05, 0.1) is 17.0 Å². The van der Waals surface area contributed by atoms with Gasteiger partial charge in [-0.1, -0.05) is 76.8 Å². The molecule has 0 unspecified atom stereocenters. The van der Waals surface area contributed by atoms with E-state index in [1.165, 1.54) is 57.8 Å². The van der Waals surface area contributed by atoms with Gasteiger partial charge in [0, 0.05) is 12.0 Å². The molecule has 0 aliphatic rings. The van der Waals surface area contributed by atoms with Crippen molar-refractivity contribution < 1.29 is 9.66 Å². The second-order valence-electron chi connectivity index (χ2n) is 7.87. The van der Waals surface area contributed by atoms with Crippen LogP contribution in [-0.2, 0) is 11.2 Å². The van der Waals surface area contributed by atoms with Crippen LogP contribution in [0.3, 0.4) is 0 Å². The van der Waals surface area contributed by atoms with Gasteiger partial charge in [0.15, 0.2) is 0 Å². The monoisotopic (exact) mass is 416 g/mol. The first kappa shape index (κ1) is 23.9. The molecule has 0 spiro atoms. The fraction of sp³-hybridized carbons (Fsp3) is 0.609. The lowest BCUT2D eigenvalue weighted by Gasteiger charge is -2.11. The highest BCUT2D eigenvalue weighted by molar-refractivity contribution is 6.00. The maximum atomic E-state index is 11.3. The first-order chi connectivity index (χ1) is 14.6. The molecule has 0 bridgehead atoms. The molecule has 166 valence electrons. The minimum atomic E-state index is -0.574. The van der Waals surface area contributed by atoms with E-state index in [0.29, 0.717) is 23.9 Å². The Balaban J connectivity index is 1.71. The predicted molar refractivity (Wildman–Crippen MR) is 124 cm³/mol.